The van der Waals surface area contributed by atoms with Crippen molar-refractivity contribution in [3.05, 3.63) is 64.7 Å². The standard InChI is InChI=1S/C20H23N3O2/c1-13(2)19(24)22-18-9-7-16(8-10-18)20(25)23-21-12-17-6-5-14(3)11-15(17)4/h5-13H,1-4H3,(H,22,24)(H,23,25). The Hall–Kier alpha value is -2.95. The molecule has 2 rings (SSSR count). The van der Waals surface area contributed by atoms with Gasteiger partial charge in [-0.1, -0.05) is 37.6 Å². The van der Waals surface area contributed by atoms with Crippen LogP contribution in [0.1, 0.15) is 40.9 Å². The minimum atomic E-state index is -0.303. The van der Waals surface area contributed by atoms with E-state index >= 15 is 0 Å². The van der Waals surface area contributed by atoms with Gasteiger partial charge in [-0.05, 0) is 49.2 Å². The number of anilines is 1. The Labute approximate surface area is 148 Å². The minimum absolute atomic E-state index is 0.0599. The zero-order valence-corrected chi connectivity index (χ0v) is 15.0. The number of nitrogens with zero attached hydrogens (tertiary/aromatic N) is 1. The summed E-state index contributed by atoms with van der Waals surface area (Å²) in [5.74, 6) is -0.458. The van der Waals surface area contributed by atoms with Crippen molar-refractivity contribution in [2.24, 2.45) is 11.0 Å². The van der Waals surface area contributed by atoms with E-state index < -0.39 is 0 Å². The van der Waals surface area contributed by atoms with E-state index in [9.17, 15) is 9.59 Å². The number of benzene rings is 2. The first kappa shape index (κ1) is 18.4. The third-order valence-corrected chi connectivity index (χ3v) is 3.73. The Morgan fingerprint density at radius 3 is 2.32 bits per heavy atom. The van der Waals surface area contributed by atoms with Gasteiger partial charge >= 0.3 is 0 Å². The van der Waals surface area contributed by atoms with E-state index in [1.165, 1.54) is 5.56 Å². The molecular weight excluding hydrogens is 314 g/mol. The molecule has 0 radical (unpaired) electrons. The van der Waals surface area contributed by atoms with E-state index in [1.807, 2.05) is 39.8 Å². The van der Waals surface area contributed by atoms with Crippen molar-refractivity contribution in [2.75, 3.05) is 5.32 Å². The number of rotatable bonds is 5. The molecular formula is C20H23N3O2. The molecule has 0 aliphatic carbocycles. The summed E-state index contributed by atoms with van der Waals surface area (Å²) in [5, 5.41) is 6.79. The Bertz CT molecular complexity index is 793. The van der Waals surface area contributed by atoms with Crippen LogP contribution < -0.4 is 10.7 Å². The molecule has 0 atom stereocenters. The summed E-state index contributed by atoms with van der Waals surface area (Å²) in [7, 11) is 0. The van der Waals surface area contributed by atoms with Gasteiger partial charge in [0, 0.05) is 17.2 Å². The first-order valence-corrected chi connectivity index (χ1v) is 8.18. The quantitative estimate of drug-likeness (QED) is 0.645. The number of nitrogens with one attached hydrogen (secondary N) is 2. The van der Waals surface area contributed by atoms with Crippen LogP contribution in [0.25, 0.3) is 0 Å². The monoisotopic (exact) mass is 337 g/mol. The largest absolute Gasteiger partial charge is 0.326 e. The highest BCUT2D eigenvalue weighted by molar-refractivity contribution is 5.96. The Balaban J connectivity index is 1.96. The maximum absolute atomic E-state index is 12.1. The van der Waals surface area contributed by atoms with Gasteiger partial charge in [0.05, 0.1) is 6.21 Å². The van der Waals surface area contributed by atoms with Crippen molar-refractivity contribution in [3.63, 3.8) is 0 Å². The maximum atomic E-state index is 12.1. The number of hydrogen-bond donors (Lipinski definition) is 2. The van der Waals surface area contributed by atoms with Gasteiger partial charge in [0.15, 0.2) is 0 Å². The van der Waals surface area contributed by atoms with Crippen LogP contribution in [0.15, 0.2) is 47.6 Å². The lowest BCUT2D eigenvalue weighted by atomic mass is 10.1. The molecule has 5 heteroatoms. The van der Waals surface area contributed by atoms with Crippen molar-refractivity contribution in [1.82, 2.24) is 5.43 Å². The molecule has 2 N–H and O–H groups in total. The van der Waals surface area contributed by atoms with Gasteiger partial charge in [-0.25, -0.2) is 5.43 Å². The summed E-state index contributed by atoms with van der Waals surface area (Å²) in [6, 6.07) is 12.7. The van der Waals surface area contributed by atoms with Crippen molar-refractivity contribution >= 4 is 23.7 Å². The van der Waals surface area contributed by atoms with Crippen LogP contribution in [0.5, 0.6) is 0 Å². The average molecular weight is 337 g/mol. The number of aryl methyl sites for hydroxylation is 2. The van der Waals surface area contributed by atoms with E-state index in [4.69, 9.17) is 0 Å². The molecule has 2 amide bonds. The third-order valence-electron chi connectivity index (χ3n) is 3.73. The Morgan fingerprint density at radius 1 is 1.04 bits per heavy atom. The van der Waals surface area contributed by atoms with Crippen molar-refractivity contribution in [3.8, 4) is 0 Å². The van der Waals surface area contributed by atoms with E-state index in [1.54, 1.807) is 30.5 Å². The lowest BCUT2D eigenvalue weighted by molar-refractivity contribution is -0.118. The topological polar surface area (TPSA) is 70.6 Å². The molecule has 0 saturated carbocycles. The minimum Gasteiger partial charge on any atom is -0.326 e. The van der Waals surface area contributed by atoms with Crippen LogP contribution in [0.2, 0.25) is 0 Å². The fraction of sp³-hybridized carbons (Fsp3) is 0.250. The highest BCUT2D eigenvalue weighted by Gasteiger charge is 2.08. The number of hydrazone groups is 1. The van der Waals surface area contributed by atoms with Crippen LogP contribution in [0.3, 0.4) is 0 Å². The first-order valence-electron chi connectivity index (χ1n) is 8.18. The fourth-order valence-corrected chi connectivity index (χ4v) is 2.19. The maximum Gasteiger partial charge on any atom is 0.271 e. The lowest BCUT2D eigenvalue weighted by Crippen LogP contribution is -2.19. The predicted molar refractivity (Wildman–Crippen MR) is 101 cm³/mol. The first-order chi connectivity index (χ1) is 11.9. The highest BCUT2D eigenvalue weighted by Crippen LogP contribution is 2.11. The number of carbonyl (C=O) groups is 2. The summed E-state index contributed by atoms with van der Waals surface area (Å²) < 4.78 is 0. The molecule has 130 valence electrons. The van der Waals surface area contributed by atoms with Gasteiger partial charge in [-0.3, -0.25) is 9.59 Å². The fourth-order valence-electron chi connectivity index (χ4n) is 2.19. The number of carbonyl (C=O) groups excluding carboxylic acids is 2. The SMILES string of the molecule is Cc1ccc(C=NNC(=O)c2ccc(NC(=O)C(C)C)cc2)c(C)c1. The number of hydrogen-bond acceptors (Lipinski definition) is 3. The van der Waals surface area contributed by atoms with Gasteiger partial charge in [0.25, 0.3) is 5.91 Å². The summed E-state index contributed by atoms with van der Waals surface area (Å²) in [5.41, 5.74) is 6.88. The van der Waals surface area contributed by atoms with Crippen molar-refractivity contribution in [1.29, 1.82) is 0 Å². The molecule has 5 nitrogen and oxygen atoms in total. The van der Waals surface area contributed by atoms with Crippen LogP contribution in [0, 0.1) is 19.8 Å². The highest BCUT2D eigenvalue weighted by atomic mass is 16.2. The summed E-state index contributed by atoms with van der Waals surface area (Å²) in [6.07, 6.45) is 1.63. The van der Waals surface area contributed by atoms with Crippen molar-refractivity contribution in [2.45, 2.75) is 27.7 Å². The van der Waals surface area contributed by atoms with Crippen LogP contribution in [0.4, 0.5) is 5.69 Å². The van der Waals surface area contributed by atoms with Gasteiger partial charge in [0.1, 0.15) is 0 Å². The normalized spacial score (nSPS) is 10.9. The zero-order chi connectivity index (χ0) is 18.4. The Morgan fingerprint density at radius 2 is 1.72 bits per heavy atom. The second-order valence-electron chi connectivity index (χ2n) is 6.28. The van der Waals surface area contributed by atoms with E-state index in [0.717, 1.165) is 11.1 Å². The molecule has 0 fully saturated rings. The smallest absolute Gasteiger partial charge is 0.271 e. The molecule has 0 saturated heterocycles. The van der Waals surface area contributed by atoms with E-state index in [0.29, 0.717) is 11.3 Å². The summed E-state index contributed by atoms with van der Waals surface area (Å²) in [4.78, 5) is 23.7. The lowest BCUT2D eigenvalue weighted by Gasteiger charge is -2.08. The van der Waals surface area contributed by atoms with Crippen LogP contribution in [-0.4, -0.2) is 18.0 Å². The van der Waals surface area contributed by atoms with Gasteiger partial charge in [-0.2, -0.15) is 5.10 Å². The summed E-state index contributed by atoms with van der Waals surface area (Å²) in [6.45, 7) is 7.68. The summed E-state index contributed by atoms with van der Waals surface area (Å²) >= 11 is 0. The molecule has 0 aliphatic rings. The molecule has 0 aromatic heterocycles. The van der Waals surface area contributed by atoms with Crippen LogP contribution >= 0.6 is 0 Å². The number of amides is 2. The zero-order valence-electron chi connectivity index (χ0n) is 15.0. The molecule has 0 unspecified atom stereocenters. The van der Waals surface area contributed by atoms with Crippen molar-refractivity contribution < 1.29 is 9.59 Å². The molecule has 0 bridgehead atoms. The van der Waals surface area contributed by atoms with Gasteiger partial charge in [0.2, 0.25) is 5.91 Å². The third kappa shape index (κ3) is 5.28. The molecule has 0 aliphatic heterocycles. The van der Waals surface area contributed by atoms with Gasteiger partial charge < -0.3 is 5.32 Å². The molecule has 2 aromatic carbocycles. The molecule has 2 aromatic rings. The predicted octanol–water partition coefficient (Wildman–Crippen LogP) is 3.66. The molecule has 0 heterocycles. The Kier molecular flexibility index (Phi) is 6.06. The second-order valence-corrected chi connectivity index (χ2v) is 6.28. The molecule has 0 spiro atoms. The second kappa shape index (κ2) is 8.24. The van der Waals surface area contributed by atoms with E-state index in [2.05, 4.69) is 21.9 Å². The average Bonchev–Trinajstić information content (AvgIpc) is 2.57. The molecule has 25 heavy (non-hydrogen) atoms. The van der Waals surface area contributed by atoms with Crippen LogP contribution in [-0.2, 0) is 4.79 Å². The van der Waals surface area contributed by atoms with Gasteiger partial charge in [-0.15, -0.1) is 0 Å². The van der Waals surface area contributed by atoms with E-state index in [-0.39, 0.29) is 17.7 Å².